The fourth-order valence-electron chi connectivity index (χ4n) is 10.4. The number of fused-ring (bicyclic) bond motifs is 2. The molecular weight excluding hydrogens is 921 g/mol. The van der Waals surface area contributed by atoms with Crippen LogP contribution in [0.4, 0.5) is 0 Å². The number of hydrogen-bond acceptors (Lipinski definition) is 7. The van der Waals surface area contributed by atoms with Crippen molar-refractivity contribution in [1.82, 2.24) is 20.3 Å². The molecule has 0 spiro atoms. The van der Waals surface area contributed by atoms with Crippen LogP contribution in [0.25, 0.3) is 56.4 Å². The maximum absolute atomic E-state index is 5.22. The molecule has 0 amide bonds. The first-order valence-corrected chi connectivity index (χ1v) is 25.7. The molecule has 0 saturated heterocycles. The van der Waals surface area contributed by atoms with Crippen molar-refractivity contribution >= 4 is 23.4 Å². The van der Waals surface area contributed by atoms with Gasteiger partial charge in [-0.2, -0.15) is 0 Å². The maximum atomic E-state index is 5.22. The molecule has 2 aliphatic heterocycles. The molecular formula is C67H46N6S. The fourth-order valence-corrected chi connectivity index (χ4v) is 11.6. The average Bonchev–Trinajstić information content (AvgIpc) is 3.49. The van der Waals surface area contributed by atoms with E-state index in [9.17, 15) is 0 Å². The van der Waals surface area contributed by atoms with Gasteiger partial charge in [0.05, 0.1) is 5.41 Å². The Kier molecular flexibility index (Phi) is 11.7. The topological polar surface area (TPSA) is 75.4 Å². The molecule has 3 heterocycles. The Morgan fingerprint density at radius 3 is 1.20 bits per heavy atom. The summed E-state index contributed by atoms with van der Waals surface area (Å²) in [5.74, 6) is 3.45. The predicted octanol–water partition coefficient (Wildman–Crippen LogP) is 15.5. The quantitative estimate of drug-likeness (QED) is 0.148. The zero-order valence-corrected chi connectivity index (χ0v) is 40.9. The number of nitrogens with zero attached hydrogens (tertiary/aromatic N) is 5. The molecule has 0 bridgehead atoms. The van der Waals surface area contributed by atoms with Crippen molar-refractivity contribution < 1.29 is 0 Å². The lowest BCUT2D eigenvalue weighted by atomic mass is 9.64. The molecule has 11 aromatic rings. The lowest BCUT2D eigenvalue weighted by Gasteiger charge is -2.42. The van der Waals surface area contributed by atoms with Crippen LogP contribution in [0, 0.1) is 0 Å². The average molecular weight is 967 g/mol. The highest BCUT2D eigenvalue weighted by molar-refractivity contribution is 7.99. The first-order chi connectivity index (χ1) is 36.6. The van der Waals surface area contributed by atoms with E-state index in [1.165, 1.54) is 32.0 Å². The highest BCUT2D eigenvalue weighted by Crippen LogP contribution is 2.56. The van der Waals surface area contributed by atoms with Crippen LogP contribution in [-0.4, -0.2) is 26.6 Å². The monoisotopic (exact) mass is 966 g/mol. The van der Waals surface area contributed by atoms with Gasteiger partial charge in [-0.25, -0.2) is 24.9 Å². The van der Waals surface area contributed by atoms with Gasteiger partial charge < -0.3 is 5.32 Å². The van der Waals surface area contributed by atoms with Crippen LogP contribution in [0.5, 0.6) is 0 Å². The molecule has 0 fully saturated rings. The molecule has 1 aromatic heterocycles. The number of amidine groups is 2. The minimum atomic E-state index is -0.679. The van der Waals surface area contributed by atoms with Gasteiger partial charge in [0.2, 0.25) is 0 Å². The lowest BCUT2D eigenvalue weighted by Crippen LogP contribution is -2.36. The molecule has 0 radical (unpaired) electrons. The van der Waals surface area contributed by atoms with E-state index in [2.05, 4.69) is 175 Å². The van der Waals surface area contributed by atoms with Gasteiger partial charge in [-0.05, 0) is 86.5 Å². The number of nitrogens with one attached hydrogen (secondary N) is 1. The molecule has 1 N–H and O–H groups in total. The van der Waals surface area contributed by atoms with Crippen LogP contribution in [0.1, 0.15) is 45.1 Å². The summed E-state index contributed by atoms with van der Waals surface area (Å²) in [6.45, 7) is 0. The van der Waals surface area contributed by atoms with E-state index in [4.69, 9.17) is 24.9 Å². The van der Waals surface area contributed by atoms with E-state index in [1.807, 2.05) is 109 Å². The van der Waals surface area contributed by atoms with E-state index < -0.39 is 5.41 Å². The largest absolute Gasteiger partial charge is 0.324 e. The van der Waals surface area contributed by atoms with Crippen molar-refractivity contribution in [2.24, 2.45) is 9.98 Å². The maximum Gasteiger partial charge on any atom is 0.169 e. The van der Waals surface area contributed by atoms with E-state index in [0.717, 1.165) is 67.3 Å². The van der Waals surface area contributed by atoms with Crippen molar-refractivity contribution in [3.8, 4) is 56.4 Å². The Balaban J connectivity index is 0.930. The molecule has 350 valence electrons. The van der Waals surface area contributed by atoms with Gasteiger partial charge in [0.25, 0.3) is 0 Å². The summed E-state index contributed by atoms with van der Waals surface area (Å²) in [5, 5.41) is 3.61. The van der Waals surface area contributed by atoms with Crippen LogP contribution in [-0.2, 0) is 5.41 Å². The predicted molar refractivity (Wildman–Crippen MR) is 301 cm³/mol. The van der Waals surface area contributed by atoms with Gasteiger partial charge in [0, 0.05) is 37.6 Å². The zero-order chi connectivity index (χ0) is 49.3. The second kappa shape index (κ2) is 19.4. The second-order valence-corrected chi connectivity index (χ2v) is 19.5. The summed E-state index contributed by atoms with van der Waals surface area (Å²) in [4.78, 5) is 27.9. The number of benzene rings is 10. The number of rotatable bonds is 10. The molecule has 10 aromatic carbocycles. The summed E-state index contributed by atoms with van der Waals surface area (Å²) < 4.78 is 0. The standard InChI is InChI=1S/C67H46N6S/c1-5-21-45(22-6-1)61-68-62(46-23-7-2-8-24-46)71-65(70-61)53-33-17-29-49(41-53)51-31-19-35-55(43-51)67(57-37-13-15-39-59(57)74-60-40-16-14-38-58(60)67)56-36-20-32-52(44-56)50-30-18-34-54(42-50)66-72-63(47-25-9-3-10-26-47)69-64(73-66)48-27-11-4-12-28-48/h1-44,61H,(H,68,70,71). The van der Waals surface area contributed by atoms with Gasteiger partial charge in [-0.3, -0.25) is 0 Å². The first kappa shape index (κ1) is 44.6. The lowest BCUT2D eigenvalue weighted by molar-refractivity contribution is 0.703. The summed E-state index contributed by atoms with van der Waals surface area (Å²) in [6, 6.07) is 94.2. The SMILES string of the molecule is c1ccc(C2=NC(c3ccccc3)N=C(c3cccc(-c4cccc(C5(c6cccc(-c7cccc(-c8nc(-c9ccccc9)nc(-c9ccccc9)n8)c7)c6)c6ccccc6Sc6ccccc65)c4)c3)N2)cc1. The van der Waals surface area contributed by atoms with Crippen molar-refractivity contribution in [3.05, 3.63) is 306 Å². The van der Waals surface area contributed by atoms with Crippen molar-refractivity contribution in [3.63, 3.8) is 0 Å². The molecule has 6 nitrogen and oxygen atoms in total. The Hall–Kier alpha value is -9.30. The van der Waals surface area contributed by atoms with Crippen LogP contribution >= 0.6 is 11.8 Å². The molecule has 0 saturated carbocycles. The number of aliphatic imine (C=N–C) groups is 2. The zero-order valence-electron chi connectivity index (χ0n) is 40.1. The van der Waals surface area contributed by atoms with Gasteiger partial charge in [0.1, 0.15) is 11.7 Å². The molecule has 1 unspecified atom stereocenters. The third-order valence-corrected chi connectivity index (χ3v) is 15.1. The van der Waals surface area contributed by atoms with Crippen LogP contribution < -0.4 is 5.32 Å². The van der Waals surface area contributed by atoms with Gasteiger partial charge in [-0.1, -0.05) is 242 Å². The summed E-state index contributed by atoms with van der Waals surface area (Å²) in [7, 11) is 0. The summed E-state index contributed by atoms with van der Waals surface area (Å²) in [5.41, 5.74) is 14.3. The molecule has 7 heteroatoms. The Bertz CT molecular complexity index is 3810. The molecule has 1 atom stereocenters. The Morgan fingerprint density at radius 2 is 0.676 bits per heavy atom. The smallest absolute Gasteiger partial charge is 0.169 e. The van der Waals surface area contributed by atoms with Crippen LogP contribution in [0.2, 0.25) is 0 Å². The van der Waals surface area contributed by atoms with E-state index in [1.54, 1.807) is 0 Å². The highest BCUT2D eigenvalue weighted by atomic mass is 32.2. The van der Waals surface area contributed by atoms with Crippen LogP contribution in [0.3, 0.4) is 0 Å². The Morgan fingerprint density at radius 1 is 0.311 bits per heavy atom. The number of hydrogen-bond donors (Lipinski definition) is 1. The van der Waals surface area contributed by atoms with Crippen molar-refractivity contribution in [2.75, 3.05) is 0 Å². The van der Waals surface area contributed by atoms with E-state index in [-0.39, 0.29) is 6.17 Å². The Labute approximate surface area is 435 Å². The first-order valence-electron chi connectivity index (χ1n) is 24.8. The van der Waals surface area contributed by atoms with Crippen LogP contribution in [0.15, 0.2) is 287 Å². The second-order valence-electron chi connectivity index (χ2n) is 18.4. The summed E-state index contributed by atoms with van der Waals surface area (Å²) in [6.07, 6.45) is -0.388. The minimum absolute atomic E-state index is 0.388. The highest BCUT2D eigenvalue weighted by Gasteiger charge is 2.44. The van der Waals surface area contributed by atoms with E-state index in [0.29, 0.717) is 17.5 Å². The third-order valence-electron chi connectivity index (χ3n) is 13.9. The van der Waals surface area contributed by atoms with Gasteiger partial charge in [0.15, 0.2) is 23.6 Å². The van der Waals surface area contributed by atoms with Crippen molar-refractivity contribution in [2.45, 2.75) is 21.4 Å². The third kappa shape index (κ3) is 8.39. The molecule has 74 heavy (non-hydrogen) atoms. The fraction of sp³-hybridized carbons (Fsp3) is 0.0299. The minimum Gasteiger partial charge on any atom is -0.324 e. The molecule has 2 aliphatic rings. The normalized spacial score (nSPS) is 14.4. The van der Waals surface area contributed by atoms with Gasteiger partial charge >= 0.3 is 0 Å². The molecule has 0 aliphatic carbocycles. The van der Waals surface area contributed by atoms with Crippen molar-refractivity contribution in [1.29, 1.82) is 0 Å². The molecule has 13 rings (SSSR count). The number of aromatic nitrogens is 3. The van der Waals surface area contributed by atoms with E-state index >= 15 is 0 Å². The summed E-state index contributed by atoms with van der Waals surface area (Å²) >= 11 is 1.84. The van der Waals surface area contributed by atoms with Gasteiger partial charge in [-0.15, -0.1) is 0 Å².